The van der Waals surface area contributed by atoms with Gasteiger partial charge in [-0.2, -0.15) is 0 Å². The summed E-state index contributed by atoms with van der Waals surface area (Å²) in [5.41, 5.74) is 1.19. The SMILES string of the molecule is CCCCN(C)Cc1cc(Br)c(O)c(Br)c1. The number of rotatable bonds is 5. The summed E-state index contributed by atoms with van der Waals surface area (Å²) in [5.74, 6) is 0.264. The summed E-state index contributed by atoms with van der Waals surface area (Å²) in [6, 6.07) is 3.92. The Hall–Kier alpha value is -0.0600. The van der Waals surface area contributed by atoms with Gasteiger partial charge in [-0.1, -0.05) is 13.3 Å². The molecule has 0 aliphatic heterocycles. The van der Waals surface area contributed by atoms with E-state index in [2.05, 4.69) is 50.7 Å². The van der Waals surface area contributed by atoms with Gasteiger partial charge in [0.2, 0.25) is 0 Å². The fourth-order valence-corrected chi connectivity index (χ4v) is 2.81. The number of hydrogen-bond donors (Lipinski definition) is 1. The minimum atomic E-state index is 0.264. The Morgan fingerprint density at radius 3 is 2.31 bits per heavy atom. The number of benzene rings is 1. The van der Waals surface area contributed by atoms with E-state index in [1.807, 2.05) is 12.1 Å². The highest BCUT2D eigenvalue weighted by Crippen LogP contribution is 2.33. The average Bonchev–Trinajstić information content (AvgIpc) is 2.23. The van der Waals surface area contributed by atoms with Gasteiger partial charge in [0.25, 0.3) is 0 Å². The van der Waals surface area contributed by atoms with Crippen molar-refractivity contribution in [2.45, 2.75) is 26.3 Å². The van der Waals surface area contributed by atoms with E-state index in [-0.39, 0.29) is 5.75 Å². The minimum absolute atomic E-state index is 0.264. The van der Waals surface area contributed by atoms with Gasteiger partial charge in [0, 0.05) is 6.54 Å². The summed E-state index contributed by atoms with van der Waals surface area (Å²) in [4.78, 5) is 2.29. The molecule has 0 radical (unpaired) electrons. The van der Waals surface area contributed by atoms with Gasteiger partial charge >= 0.3 is 0 Å². The van der Waals surface area contributed by atoms with Crippen molar-refractivity contribution in [1.29, 1.82) is 0 Å². The lowest BCUT2D eigenvalue weighted by molar-refractivity contribution is 0.320. The van der Waals surface area contributed by atoms with Crippen LogP contribution in [0.1, 0.15) is 25.3 Å². The van der Waals surface area contributed by atoms with Crippen LogP contribution in [0.4, 0.5) is 0 Å². The second-order valence-corrected chi connectivity index (χ2v) is 5.71. The predicted molar refractivity (Wildman–Crippen MR) is 74.7 cm³/mol. The molecule has 0 aromatic heterocycles. The van der Waals surface area contributed by atoms with Crippen molar-refractivity contribution in [2.75, 3.05) is 13.6 Å². The molecule has 16 heavy (non-hydrogen) atoms. The molecule has 0 bridgehead atoms. The molecule has 1 N–H and O–H groups in total. The molecule has 2 nitrogen and oxygen atoms in total. The zero-order chi connectivity index (χ0) is 12.1. The number of phenols is 1. The number of aromatic hydroxyl groups is 1. The molecular weight excluding hydrogens is 334 g/mol. The number of nitrogens with zero attached hydrogens (tertiary/aromatic N) is 1. The highest BCUT2D eigenvalue weighted by atomic mass is 79.9. The van der Waals surface area contributed by atoms with E-state index in [0.29, 0.717) is 0 Å². The molecule has 0 unspecified atom stereocenters. The van der Waals surface area contributed by atoms with Gasteiger partial charge in [-0.15, -0.1) is 0 Å². The number of halogens is 2. The molecule has 1 rings (SSSR count). The van der Waals surface area contributed by atoms with Crippen LogP contribution in [0.25, 0.3) is 0 Å². The van der Waals surface area contributed by atoms with E-state index in [1.165, 1.54) is 18.4 Å². The lowest BCUT2D eigenvalue weighted by Crippen LogP contribution is -2.18. The van der Waals surface area contributed by atoms with Gasteiger partial charge in [0.05, 0.1) is 8.95 Å². The lowest BCUT2D eigenvalue weighted by Gasteiger charge is -2.16. The Balaban J connectivity index is 2.67. The predicted octanol–water partition coefficient (Wildman–Crippen LogP) is 4.15. The standard InChI is InChI=1S/C12H17Br2NO/c1-3-4-5-15(2)8-9-6-10(13)12(16)11(14)7-9/h6-7,16H,3-5,8H2,1-2H3. The topological polar surface area (TPSA) is 23.5 Å². The second kappa shape index (κ2) is 6.62. The summed E-state index contributed by atoms with van der Waals surface area (Å²) in [7, 11) is 2.12. The first kappa shape index (κ1) is 14.0. The highest BCUT2D eigenvalue weighted by Gasteiger charge is 2.07. The summed E-state index contributed by atoms with van der Waals surface area (Å²) in [6.07, 6.45) is 2.43. The Kier molecular flexibility index (Phi) is 5.79. The van der Waals surface area contributed by atoms with E-state index in [4.69, 9.17) is 0 Å². The molecule has 0 aliphatic rings. The summed E-state index contributed by atoms with van der Waals surface area (Å²) >= 11 is 6.68. The van der Waals surface area contributed by atoms with Gasteiger partial charge in [-0.25, -0.2) is 0 Å². The van der Waals surface area contributed by atoms with Gasteiger partial charge in [0.15, 0.2) is 0 Å². The third kappa shape index (κ3) is 4.07. The third-order valence-electron chi connectivity index (χ3n) is 2.42. The number of unbranched alkanes of at least 4 members (excludes halogenated alkanes) is 1. The smallest absolute Gasteiger partial charge is 0.143 e. The van der Waals surface area contributed by atoms with Crippen molar-refractivity contribution in [2.24, 2.45) is 0 Å². The zero-order valence-electron chi connectivity index (χ0n) is 9.63. The Labute approximate surface area is 114 Å². The maximum atomic E-state index is 9.60. The van der Waals surface area contributed by atoms with Crippen LogP contribution in [0.3, 0.4) is 0 Å². The molecule has 0 saturated carbocycles. The van der Waals surface area contributed by atoms with Crippen LogP contribution in [0.2, 0.25) is 0 Å². The highest BCUT2D eigenvalue weighted by molar-refractivity contribution is 9.11. The molecule has 0 fully saturated rings. The van der Waals surface area contributed by atoms with Crippen molar-refractivity contribution in [3.8, 4) is 5.75 Å². The number of phenolic OH excluding ortho intramolecular Hbond substituents is 1. The molecule has 0 saturated heterocycles. The zero-order valence-corrected chi connectivity index (χ0v) is 12.8. The van der Waals surface area contributed by atoms with Crippen LogP contribution in [0, 0.1) is 0 Å². The average molecular weight is 351 g/mol. The first-order chi connectivity index (χ1) is 7.54. The van der Waals surface area contributed by atoms with E-state index in [9.17, 15) is 5.11 Å². The van der Waals surface area contributed by atoms with Crippen LogP contribution in [-0.4, -0.2) is 23.6 Å². The van der Waals surface area contributed by atoms with Crippen LogP contribution in [0.5, 0.6) is 5.75 Å². The fourth-order valence-electron chi connectivity index (χ4n) is 1.53. The van der Waals surface area contributed by atoms with Crippen molar-refractivity contribution in [3.05, 3.63) is 26.6 Å². The summed E-state index contributed by atoms with van der Waals surface area (Å²) in [6.45, 7) is 4.20. The van der Waals surface area contributed by atoms with Crippen molar-refractivity contribution in [3.63, 3.8) is 0 Å². The van der Waals surface area contributed by atoms with Gasteiger partial charge in [0.1, 0.15) is 5.75 Å². The van der Waals surface area contributed by atoms with Crippen LogP contribution < -0.4 is 0 Å². The monoisotopic (exact) mass is 349 g/mol. The molecular formula is C12H17Br2NO. The van der Waals surface area contributed by atoms with E-state index >= 15 is 0 Å². The molecule has 0 atom stereocenters. The van der Waals surface area contributed by atoms with Gasteiger partial charge in [-0.3, -0.25) is 0 Å². The Morgan fingerprint density at radius 2 is 1.81 bits per heavy atom. The van der Waals surface area contributed by atoms with E-state index in [0.717, 1.165) is 22.0 Å². The van der Waals surface area contributed by atoms with Crippen molar-refractivity contribution < 1.29 is 5.11 Å². The lowest BCUT2D eigenvalue weighted by atomic mass is 10.2. The summed E-state index contributed by atoms with van der Waals surface area (Å²) < 4.78 is 1.47. The van der Waals surface area contributed by atoms with Crippen molar-refractivity contribution in [1.82, 2.24) is 4.90 Å². The minimum Gasteiger partial charge on any atom is -0.506 e. The molecule has 0 heterocycles. The van der Waals surface area contributed by atoms with Crippen molar-refractivity contribution >= 4 is 31.9 Å². The molecule has 1 aromatic carbocycles. The maximum Gasteiger partial charge on any atom is 0.143 e. The van der Waals surface area contributed by atoms with E-state index < -0.39 is 0 Å². The first-order valence-electron chi connectivity index (χ1n) is 5.40. The Bertz CT molecular complexity index is 332. The molecule has 0 amide bonds. The summed E-state index contributed by atoms with van der Waals surface area (Å²) in [5, 5.41) is 9.60. The van der Waals surface area contributed by atoms with Gasteiger partial charge in [-0.05, 0) is 69.6 Å². The molecule has 4 heteroatoms. The second-order valence-electron chi connectivity index (χ2n) is 4.00. The fraction of sp³-hybridized carbons (Fsp3) is 0.500. The first-order valence-corrected chi connectivity index (χ1v) is 6.98. The largest absolute Gasteiger partial charge is 0.506 e. The van der Waals surface area contributed by atoms with E-state index in [1.54, 1.807) is 0 Å². The number of hydrogen-bond acceptors (Lipinski definition) is 2. The van der Waals surface area contributed by atoms with Crippen LogP contribution >= 0.6 is 31.9 Å². The molecule has 0 aliphatic carbocycles. The van der Waals surface area contributed by atoms with Crippen LogP contribution in [0.15, 0.2) is 21.1 Å². The normalized spacial score (nSPS) is 11.1. The molecule has 0 spiro atoms. The molecule has 90 valence electrons. The maximum absolute atomic E-state index is 9.60. The Morgan fingerprint density at radius 1 is 1.25 bits per heavy atom. The quantitative estimate of drug-likeness (QED) is 0.862. The third-order valence-corrected chi connectivity index (χ3v) is 3.63. The van der Waals surface area contributed by atoms with Crippen LogP contribution in [-0.2, 0) is 6.54 Å². The molecule has 1 aromatic rings. The van der Waals surface area contributed by atoms with Gasteiger partial charge < -0.3 is 10.0 Å².